The number of rotatable bonds is 4. The maximum absolute atomic E-state index is 11.4. The molecule has 21 heavy (non-hydrogen) atoms. The van der Waals surface area contributed by atoms with Gasteiger partial charge in [0.05, 0.1) is 20.4 Å². The van der Waals surface area contributed by atoms with E-state index < -0.39 is 14.9 Å². The van der Waals surface area contributed by atoms with Crippen molar-refractivity contribution in [2.45, 2.75) is 11.8 Å². The first-order chi connectivity index (χ1) is 9.77. The molecule has 0 unspecified atom stereocenters. The van der Waals surface area contributed by atoms with Crippen LogP contribution >= 0.6 is 11.3 Å². The smallest absolute Gasteiger partial charge is 0.258 e. The van der Waals surface area contributed by atoms with Crippen LogP contribution in [0.1, 0.15) is 10.4 Å². The highest BCUT2D eigenvalue weighted by molar-refractivity contribution is 7.89. The predicted molar refractivity (Wildman–Crippen MR) is 80.8 cm³/mol. The Bertz CT molecular complexity index is 825. The first-order valence-electron chi connectivity index (χ1n) is 5.69. The number of nitro groups is 1. The molecule has 7 nitrogen and oxygen atoms in total. The van der Waals surface area contributed by atoms with Gasteiger partial charge in [-0.25, -0.2) is 13.6 Å². The van der Waals surface area contributed by atoms with E-state index >= 15 is 0 Å². The second-order valence-corrected chi connectivity index (χ2v) is 6.81. The van der Waals surface area contributed by atoms with Gasteiger partial charge in [0, 0.05) is 12.3 Å². The number of aryl methyl sites for hydroxylation is 1. The van der Waals surface area contributed by atoms with E-state index in [0.29, 0.717) is 16.1 Å². The van der Waals surface area contributed by atoms with Crippen molar-refractivity contribution in [3.05, 3.63) is 50.9 Å². The highest BCUT2D eigenvalue weighted by atomic mass is 32.2. The lowest BCUT2D eigenvalue weighted by Gasteiger charge is -2.03. The molecule has 0 spiro atoms. The van der Waals surface area contributed by atoms with E-state index in [4.69, 9.17) is 5.14 Å². The van der Waals surface area contributed by atoms with Gasteiger partial charge in [-0.05, 0) is 30.7 Å². The average Bonchev–Trinajstić information content (AvgIpc) is 2.85. The monoisotopic (exact) mass is 325 g/mol. The van der Waals surface area contributed by atoms with Crippen molar-refractivity contribution in [1.82, 2.24) is 0 Å². The number of nitrogens with two attached hydrogens (primary N) is 1. The molecule has 1 aromatic heterocycles. The zero-order valence-corrected chi connectivity index (χ0v) is 12.5. The fourth-order valence-corrected chi connectivity index (χ4v) is 3.12. The number of hydrogen-bond donors (Lipinski definition) is 1. The Morgan fingerprint density at radius 1 is 1.33 bits per heavy atom. The summed E-state index contributed by atoms with van der Waals surface area (Å²) in [5, 5.41) is 15.7. The van der Waals surface area contributed by atoms with Gasteiger partial charge in [-0.1, -0.05) is 17.4 Å². The Labute approximate surface area is 125 Å². The summed E-state index contributed by atoms with van der Waals surface area (Å²) in [4.78, 5) is 14.8. The number of thiophene rings is 1. The fraction of sp³-hybridized carbons (Fsp3) is 0.0833. The molecule has 0 aliphatic carbocycles. The van der Waals surface area contributed by atoms with E-state index in [-0.39, 0.29) is 9.90 Å². The summed E-state index contributed by atoms with van der Waals surface area (Å²) in [5.41, 5.74) is 0.934. The SMILES string of the molecule is Cc1ccc(N=Cc2ccc([N+](=O)[O-])s2)cc1S(N)(=O)=O. The van der Waals surface area contributed by atoms with E-state index in [2.05, 4.69) is 4.99 Å². The van der Waals surface area contributed by atoms with Crippen molar-refractivity contribution < 1.29 is 13.3 Å². The van der Waals surface area contributed by atoms with Gasteiger partial charge in [0.1, 0.15) is 0 Å². The molecule has 0 aliphatic heterocycles. The maximum Gasteiger partial charge on any atom is 0.324 e. The summed E-state index contributed by atoms with van der Waals surface area (Å²) >= 11 is 0.982. The van der Waals surface area contributed by atoms with Gasteiger partial charge >= 0.3 is 5.00 Å². The fourth-order valence-electron chi connectivity index (χ4n) is 1.62. The van der Waals surface area contributed by atoms with Crippen molar-refractivity contribution in [2.75, 3.05) is 0 Å². The lowest BCUT2D eigenvalue weighted by Crippen LogP contribution is -2.13. The Morgan fingerprint density at radius 3 is 2.62 bits per heavy atom. The molecule has 2 rings (SSSR count). The molecule has 0 radical (unpaired) electrons. The largest absolute Gasteiger partial charge is 0.324 e. The van der Waals surface area contributed by atoms with Gasteiger partial charge in [0.15, 0.2) is 0 Å². The minimum atomic E-state index is -3.81. The third-order valence-corrected chi connectivity index (χ3v) is 4.64. The van der Waals surface area contributed by atoms with Gasteiger partial charge in [-0.15, -0.1) is 0 Å². The molecule has 0 fully saturated rings. The summed E-state index contributed by atoms with van der Waals surface area (Å²) < 4.78 is 22.8. The van der Waals surface area contributed by atoms with Crippen LogP contribution in [0.15, 0.2) is 40.2 Å². The van der Waals surface area contributed by atoms with Crippen molar-refractivity contribution in [2.24, 2.45) is 10.1 Å². The molecule has 9 heteroatoms. The van der Waals surface area contributed by atoms with Crippen LogP contribution in [-0.4, -0.2) is 19.6 Å². The van der Waals surface area contributed by atoms with Gasteiger partial charge < -0.3 is 0 Å². The van der Waals surface area contributed by atoms with Gasteiger partial charge in [0.25, 0.3) is 0 Å². The highest BCUT2D eigenvalue weighted by Gasteiger charge is 2.12. The number of sulfonamides is 1. The maximum atomic E-state index is 11.4. The minimum Gasteiger partial charge on any atom is -0.258 e. The molecule has 1 aromatic carbocycles. The van der Waals surface area contributed by atoms with E-state index in [1.54, 1.807) is 25.1 Å². The van der Waals surface area contributed by atoms with Crippen LogP contribution in [0.2, 0.25) is 0 Å². The number of nitrogens with zero attached hydrogens (tertiary/aromatic N) is 2. The Hall–Kier alpha value is -2.10. The van der Waals surface area contributed by atoms with Crippen LogP contribution in [0.4, 0.5) is 10.7 Å². The minimum absolute atomic E-state index is 0.00862. The zero-order chi connectivity index (χ0) is 15.6. The first-order valence-corrected chi connectivity index (χ1v) is 8.05. The standard InChI is InChI=1S/C12H11N3O4S2/c1-8-2-3-9(6-11(8)21(13,18)19)14-7-10-4-5-12(20-10)15(16)17/h2-7H,1H3,(H2,13,18,19). The summed E-state index contributed by atoms with van der Waals surface area (Å²) in [6.45, 7) is 1.63. The molecule has 2 N–H and O–H groups in total. The van der Waals surface area contributed by atoms with Gasteiger partial charge in [-0.3, -0.25) is 15.1 Å². The van der Waals surface area contributed by atoms with Crippen LogP contribution in [0.5, 0.6) is 0 Å². The normalized spacial score (nSPS) is 11.9. The number of primary sulfonamides is 1. The molecule has 0 aliphatic rings. The molecule has 0 saturated heterocycles. The number of benzene rings is 1. The van der Waals surface area contributed by atoms with Crippen LogP contribution in [0.25, 0.3) is 0 Å². The second kappa shape index (κ2) is 5.72. The highest BCUT2D eigenvalue weighted by Crippen LogP contribution is 2.24. The molecule has 0 amide bonds. The average molecular weight is 325 g/mol. The van der Waals surface area contributed by atoms with Gasteiger partial charge in [-0.2, -0.15) is 0 Å². The molecule has 2 aromatic rings. The molecule has 110 valence electrons. The second-order valence-electron chi connectivity index (χ2n) is 4.19. The van der Waals surface area contributed by atoms with Gasteiger partial charge in [0.2, 0.25) is 10.0 Å². The van der Waals surface area contributed by atoms with E-state index in [0.717, 1.165) is 11.3 Å². The van der Waals surface area contributed by atoms with E-state index in [1.807, 2.05) is 0 Å². The summed E-state index contributed by atoms with van der Waals surface area (Å²) in [6, 6.07) is 7.56. The topological polar surface area (TPSA) is 116 Å². The molecular weight excluding hydrogens is 314 g/mol. The predicted octanol–water partition coefficient (Wildman–Crippen LogP) is 2.36. The quantitative estimate of drug-likeness (QED) is 0.527. The number of aliphatic imine (C=N–C) groups is 1. The Kier molecular flexibility index (Phi) is 4.16. The Morgan fingerprint density at radius 2 is 2.05 bits per heavy atom. The van der Waals surface area contributed by atoms with Crippen LogP contribution < -0.4 is 5.14 Å². The van der Waals surface area contributed by atoms with E-state index in [9.17, 15) is 18.5 Å². The summed E-state index contributed by atoms with van der Waals surface area (Å²) in [5.74, 6) is 0. The Balaban J connectivity index is 2.31. The lowest BCUT2D eigenvalue weighted by molar-refractivity contribution is -0.380. The molecule has 0 atom stereocenters. The molecule has 0 saturated carbocycles. The third-order valence-electron chi connectivity index (χ3n) is 2.61. The van der Waals surface area contributed by atoms with Crippen LogP contribution in [0.3, 0.4) is 0 Å². The van der Waals surface area contributed by atoms with Crippen molar-refractivity contribution in [3.63, 3.8) is 0 Å². The van der Waals surface area contributed by atoms with Crippen LogP contribution in [0, 0.1) is 17.0 Å². The first kappa shape index (κ1) is 15.3. The van der Waals surface area contributed by atoms with E-state index in [1.165, 1.54) is 18.3 Å². The summed E-state index contributed by atoms with van der Waals surface area (Å²) in [7, 11) is -3.81. The lowest BCUT2D eigenvalue weighted by atomic mass is 10.2. The van der Waals surface area contributed by atoms with Crippen LogP contribution in [-0.2, 0) is 10.0 Å². The zero-order valence-electron chi connectivity index (χ0n) is 10.9. The summed E-state index contributed by atoms with van der Waals surface area (Å²) in [6.07, 6.45) is 1.44. The molecule has 1 heterocycles. The van der Waals surface area contributed by atoms with Crippen molar-refractivity contribution in [3.8, 4) is 0 Å². The third kappa shape index (κ3) is 3.72. The van der Waals surface area contributed by atoms with Crippen molar-refractivity contribution >= 4 is 38.3 Å². The molecular formula is C12H11N3O4S2. The number of hydrogen-bond acceptors (Lipinski definition) is 6. The van der Waals surface area contributed by atoms with Crippen molar-refractivity contribution in [1.29, 1.82) is 0 Å². The molecule has 0 bridgehead atoms.